The second kappa shape index (κ2) is 6.00. The lowest BCUT2D eigenvalue weighted by Gasteiger charge is -2.19. The Morgan fingerprint density at radius 3 is 2.61 bits per heavy atom. The lowest BCUT2D eigenvalue weighted by molar-refractivity contribution is 0.0534. The third kappa shape index (κ3) is 5.31. The van der Waals surface area contributed by atoms with Crippen LogP contribution < -0.4 is 5.32 Å². The van der Waals surface area contributed by atoms with E-state index in [-0.39, 0.29) is 0 Å². The molecule has 1 N–H and O–H groups in total. The van der Waals surface area contributed by atoms with Crippen molar-refractivity contribution in [2.75, 3.05) is 6.54 Å². The maximum Gasteiger partial charge on any atom is 0.407 e. The standard InChI is InChI=1S/C13H20N2O2S/c1-9-11(18-10(2)15-9)7-6-8-14-12(16)17-13(3,4)5/h6-7H,8H2,1-5H3,(H,14,16). The zero-order valence-corrected chi connectivity index (χ0v) is 12.4. The Morgan fingerprint density at radius 1 is 1.44 bits per heavy atom. The van der Waals surface area contributed by atoms with Crippen molar-refractivity contribution in [2.24, 2.45) is 0 Å². The molecule has 5 heteroatoms. The number of carbonyl (C=O) groups is 1. The summed E-state index contributed by atoms with van der Waals surface area (Å²) in [5.41, 5.74) is 0.560. The third-order valence-electron chi connectivity index (χ3n) is 1.97. The highest BCUT2D eigenvalue weighted by atomic mass is 32.1. The number of ether oxygens (including phenoxy) is 1. The highest BCUT2D eigenvalue weighted by Crippen LogP contribution is 2.18. The lowest BCUT2D eigenvalue weighted by atomic mass is 10.2. The van der Waals surface area contributed by atoms with E-state index in [4.69, 9.17) is 4.74 Å². The monoisotopic (exact) mass is 268 g/mol. The molecule has 18 heavy (non-hydrogen) atoms. The van der Waals surface area contributed by atoms with Crippen molar-refractivity contribution in [3.63, 3.8) is 0 Å². The van der Waals surface area contributed by atoms with Crippen LogP contribution in [-0.2, 0) is 4.74 Å². The van der Waals surface area contributed by atoms with Gasteiger partial charge in [0, 0.05) is 11.4 Å². The Bertz CT molecular complexity index is 444. The topological polar surface area (TPSA) is 51.2 Å². The van der Waals surface area contributed by atoms with Crippen LogP contribution in [0.3, 0.4) is 0 Å². The van der Waals surface area contributed by atoms with E-state index in [0.29, 0.717) is 6.54 Å². The smallest absolute Gasteiger partial charge is 0.407 e. The van der Waals surface area contributed by atoms with Gasteiger partial charge >= 0.3 is 6.09 Å². The molecule has 0 unspecified atom stereocenters. The summed E-state index contributed by atoms with van der Waals surface area (Å²) in [4.78, 5) is 16.8. The molecule has 1 amide bonds. The van der Waals surface area contributed by atoms with Crippen LogP contribution in [0.15, 0.2) is 6.08 Å². The highest BCUT2D eigenvalue weighted by molar-refractivity contribution is 7.12. The SMILES string of the molecule is Cc1nc(C)c(C=CCNC(=O)OC(C)(C)C)s1. The molecule has 1 rings (SSSR count). The molecule has 0 aliphatic carbocycles. The summed E-state index contributed by atoms with van der Waals surface area (Å²) in [6.07, 6.45) is 3.46. The minimum atomic E-state index is -0.459. The maximum absolute atomic E-state index is 11.4. The van der Waals surface area contributed by atoms with Crippen molar-refractivity contribution in [3.8, 4) is 0 Å². The van der Waals surface area contributed by atoms with E-state index in [1.807, 2.05) is 46.8 Å². The number of alkyl carbamates (subject to hydrolysis) is 1. The number of hydrogen-bond donors (Lipinski definition) is 1. The molecule has 0 aliphatic heterocycles. The van der Waals surface area contributed by atoms with Crippen molar-refractivity contribution in [2.45, 2.75) is 40.2 Å². The summed E-state index contributed by atoms with van der Waals surface area (Å²) in [7, 11) is 0. The highest BCUT2D eigenvalue weighted by Gasteiger charge is 2.14. The Morgan fingerprint density at radius 2 is 2.11 bits per heavy atom. The number of amides is 1. The molecule has 1 heterocycles. The van der Waals surface area contributed by atoms with E-state index >= 15 is 0 Å². The summed E-state index contributed by atoms with van der Waals surface area (Å²) in [5.74, 6) is 0. The Balaban J connectivity index is 2.38. The zero-order chi connectivity index (χ0) is 13.8. The van der Waals surface area contributed by atoms with Crippen molar-refractivity contribution < 1.29 is 9.53 Å². The van der Waals surface area contributed by atoms with Gasteiger partial charge in [0.25, 0.3) is 0 Å². The normalized spacial score (nSPS) is 11.8. The summed E-state index contributed by atoms with van der Waals surface area (Å²) in [5, 5.41) is 3.72. The van der Waals surface area contributed by atoms with E-state index in [9.17, 15) is 4.79 Å². The van der Waals surface area contributed by atoms with Crippen LogP contribution in [0.25, 0.3) is 6.08 Å². The van der Waals surface area contributed by atoms with E-state index < -0.39 is 11.7 Å². The fourth-order valence-electron chi connectivity index (χ4n) is 1.32. The van der Waals surface area contributed by atoms with Crippen molar-refractivity contribution in [1.82, 2.24) is 10.3 Å². The van der Waals surface area contributed by atoms with Gasteiger partial charge in [-0.25, -0.2) is 9.78 Å². The Labute approximate surface area is 112 Å². The predicted octanol–water partition coefficient (Wildman–Crippen LogP) is 3.30. The van der Waals surface area contributed by atoms with Crippen LogP contribution in [0.1, 0.15) is 36.3 Å². The van der Waals surface area contributed by atoms with Gasteiger partial charge in [-0.3, -0.25) is 0 Å². The quantitative estimate of drug-likeness (QED) is 0.915. The predicted molar refractivity (Wildman–Crippen MR) is 74.9 cm³/mol. The van der Waals surface area contributed by atoms with Crippen molar-refractivity contribution in [1.29, 1.82) is 0 Å². The van der Waals surface area contributed by atoms with Crippen LogP contribution in [0.5, 0.6) is 0 Å². The average molecular weight is 268 g/mol. The van der Waals surface area contributed by atoms with Gasteiger partial charge in [0.05, 0.1) is 10.7 Å². The molecule has 0 fully saturated rings. The fourth-order valence-corrected chi connectivity index (χ4v) is 2.18. The van der Waals surface area contributed by atoms with E-state index in [1.54, 1.807) is 11.3 Å². The van der Waals surface area contributed by atoms with Gasteiger partial charge in [-0.15, -0.1) is 11.3 Å². The molecule has 0 aromatic carbocycles. The van der Waals surface area contributed by atoms with Gasteiger partial charge < -0.3 is 10.1 Å². The molecular weight excluding hydrogens is 248 g/mol. The lowest BCUT2D eigenvalue weighted by Crippen LogP contribution is -2.32. The first-order chi connectivity index (χ1) is 8.28. The molecule has 0 radical (unpaired) electrons. The fraction of sp³-hybridized carbons (Fsp3) is 0.538. The molecule has 0 atom stereocenters. The number of thiazole rings is 1. The molecule has 0 saturated heterocycles. The van der Waals surface area contributed by atoms with Crippen LogP contribution in [0.4, 0.5) is 4.79 Å². The van der Waals surface area contributed by atoms with Crippen LogP contribution in [-0.4, -0.2) is 23.2 Å². The number of nitrogens with one attached hydrogen (secondary N) is 1. The Kier molecular flexibility index (Phi) is 4.90. The van der Waals surface area contributed by atoms with E-state index in [2.05, 4.69) is 10.3 Å². The molecule has 100 valence electrons. The molecule has 4 nitrogen and oxygen atoms in total. The summed E-state index contributed by atoms with van der Waals surface area (Å²) in [6.45, 7) is 9.92. The third-order valence-corrected chi connectivity index (χ3v) is 3.01. The second-order valence-electron chi connectivity index (χ2n) is 4.97. The minimum absolute atomic E-state index is 0.399. The first-order valence-electron chi connectivity index (χ1n) is 5.85. The van der Waals surface area contributed by atoms with E-state index in [1.165, 1.54) is 0 Å². The van der Waals surface area contributed by atoms with Crippen molar-refractivity contribution >= 4 is 23.5 Å². The zero-order valence-electron chi connectivity index (χ0n) is 11.5. The van der Waals surface area contributed by atoms with Gasteiger partial charge in [0.15, 0.2) is 0 Å². The summed E-state index contributed by atoms with van der Waals surface area (Å²) >= 11 is 1.64. The van der Waals surface area contributed by atoms with Gasteiger partial charge in [-0.2, -0.15) is 0 Å². The number of carbonyl (C=O) groups excluding carboxylic acids is 1. The molecule has 1 aromatic rings. The van der Waals surface area contributed by atoms with Gasteiger partial charge in [0.2, 0.25) is 0 Å². The molecule has 1 aromatic heterocycles. The van der Waals surface area contributed by atoms with E-state index in [0.717, 1.165) is 15.6 Å². The van der Waals surface area contributed by atoms with Gasteiger partial charge in [0.1, 0.15) is 5.60 Å². The first-order valence-corrected chi connectivity index (χ1v) is 6.67. The first kappa shape index (κ1) is 14.7. The number of hydrogen-bond acceptors (Lipinski definition) is 4. The van der Waals surface area contributed by atoms with Crippen LogP contribution in [0, 0.1) is 13.8 Å². The van der Waals surface area contributed by atoms with Gasteiger partial charge in [-0.05, 0) is 40.7 Å². The van der Waals surface area contributed by atoms with Crippen LogP contribution in [0.2, 0.25) is 0 Å². The molecule has 0 bridgehead atoms. The number of aryl methyl sites for hydroxylation is 2. The largest absolute Gasteiger partial charge is 0.444 e. The van der Waals surface area contributed by atoms with Crippen LogP contribution >= 0.6 is 11.3 Å². The molecular formula is C13H20N2O2S. The molecule has 0 spiro atoms. The number of rotatable bonds is 3. The second-order valence-corrected chi connectivity index (χ2v) is 6.20. The Hall–Kier alpha value is -1.36. The average Bonchev–Trinajstić information content (AvgIpc) is 2.49. The van der Waals surface area contributed by atoms with Gasteiger partial charge in [-0.1, -0.05) is 6.08 Å². The molecule has 0 saturated carbocycles. The van der Waals surface area contributed by atoms with Crippen molar-refractivity contribution in [3.05, 3.63) is 21.7 Å². The molecule has 0 aliphatic rings. The summed E-state index contributed by atoms with van der Waals surface area (Å²) in [6, 6.07) is 0. The maximum atomic E-state index is 11.4. The number of aromatic nitrogens is 1. The summed E-state index contributed by atoms with van der Waals surface area (Å²) < 4.78 is 5.12. The minimum Gasteiger partial charge on any atom is -0.444 e. The number of nitrogens with zero attached hydrogens (tertiary/aromatic N) is 1.